The number of aliphatic hydroxyl groups excluding tert-OH is 2. The van der Waals surface area contributed by atoms with Crippen molar-refractivity contribution < 1.29 is 19.7 Å². The van der Waals surface area contributed by atoms with Crippen LogP contribution in [0.5, 0.6) is 0 Å². The summed E-state index contributed by atoms with van der Waals surface area (Å²) in [6.45, 7) is 12.7. The topological polar surface area (TPSA) is 108 Å². The van der Waals surface area contributed by atoms with Gasteiger partial charge in [-0.25, -0.2) is 10.6 Å². The van der Waals surface area contributed by atoms with Gasteiger partial charge in [0.1, 0.15) is 22.9 Å². The molecule has 0 bridgehead atoms. The van der Waals surface area contributed by atoms with Crippen molar-refractivity contribution in [3.63, 3.8) is 0 Å². The Morgan fingerprint density at radius 3 is 2.55 bits per heavy atom. The molecule has 0 saturated carbocycles. The molecule has 0 amide bonds. The summed E-state index contributed by atoms with van der Waals surface area (Å²) in [5.41, 5.74) is 2.77. The average molecular weight is 476 g/mol. The molecule has 0 radical (unpaired) electrons. The Morgan fingerprint density at radius 2 is 2.03 bits per heavy atom. The number of thioether (sulfide) groups is 1. The Morgan fingerprint density at radius 1 is 1.33 bits per heavy atom. The lowest BCUT2D eigenvalue weighted by Gasteiger charge is -2.40. The fraction of sp³-hybridized carbons (Fsp3) is 0.560. The van der Waals surface area contributed by atoms with Crippen molar-refractivity contribution in [2.45, 2.75) is 83.3 Å². The molecule has 1 atom stereocenters. The van der Waals surface area contributed by atoms with Gasteiger partial charge in [-0.1, -0.05) is 52.4 Å². The molecule has 2 heterocycles. The number of ether oxygens (including phenoxy) is 1. The first-order valence-corrected chi connectivity index (χ1v) is 12.2. The Bertz CT molecular complexity index is 981. The van der Waals surface area contributed by atoms with E-state index in [9.17, 15) is 15.0 Å². The number of hydrazine groups is 1. The third kappa shape index (κ3) is 5.34. The Kier molecular flexibility index (Phi) is 7.41. The number of hydrogen-bond donors (Lipinski definition) is 4. The molecule has 3 rings (SSSR count). The molecule has 2 aliphatic heterocycles. The zero-order valence-electron chi connectivity index (χ0n) is 20.5. The molecule has 1 unspecified atom stereocenters. The summed E-state index contributed by atoms with van der Waals surface area (Å²) in [6, 6.07) is 3.97. The van der Waals surface area contributed by atoms with E-state index in [1.807, 2.05) is 39.1 Å². The Balaban J connectivity index is 1.91. The molecule has 2 aliphatic rings. The van der Waals surface area contributed by atoms with Gasteiger partial charge in [-0.05, 0) is 53.9 Å². The van der Waals surface area contributed by atoms with Crippen LogP contribution >= 0.6 is 11.8 Å². The van der Waals surface area contributed by atoms with Crippen LogP contribution in [-0.4, -0.2) is 33.5 Å². The molecule has 0 spiro atoms. The van der Waals surface area contributed by atoms with Crippen molar-refractivity contribution >= 4 is 17.7 Å². The van der Waals surface area contributed by atoms with E-state index in [1.165, 1.54) is 11.8 Å². The molecular formula is C25H37N3O4S. The Hall–Kier alpha value is -2.16. The van der Waals surface area contributed by atoms with E-state index in [1.54, 1.807) is 5.01 Å². The van der Waals surface area contributed by atoms with Gasteiger partial charge in [0.2, 0.25) is 0 Å². The van der Waals surface area contributed by atoms with E-state index >= 15 is 0 Å². The lowest BCUT2D eigenvalue weighted by Crippen LogP contribution is -2.44. The van der Waals surface area contributed by atoms with Gasteiger partial charge in [-0.3, -0.25) is 5.01 Å². The molecule has 0 aromatic heterocycles. The van der Waals surface area contributed by atoms with Gasteiger partial charge in [-0.15, -0.1) is 0 Å². The van der Waals surface area contributed by atoms with Gasteiger partial charge in [0.25, 0.3) is 0 Å². The second-order valence-electron chi connectivity index (χ2n) is 10.3. The van der Waals surface area contributed by atoms with Crippen molar-refractivity contribution in [1.82, 2.24) is 10.3 Å². The van der Waals surface area contributed by atoms with Crippen molar-refractivity contribution in [2.24, 2.45) is 11.8 Å². The number of carbonyl (C=O) groups is 1. The zero-order chi connectivity index (χ0) is 24.6. The van der Waals surface area contributed by atoms with Gasteiger partial charge in [0.05, 0.1) is 6.61 Å². The molecule has 7 nitrogen and oxygen atoms in total. The van der Waals surface area contributed by atoms with Crippen molar-refractivity contribution in [3.8, 4) is 0 Å². The van der Waals surface area contributed by atoms with Crippen LogP contribution in [0.25, 0.3) is 0 Å². The fourth-order valence-corrected chi connectivity index (χ4v) is 5.52. The first-order valence-electron chi connectivity index (χ1n) is 11.4. The van der Waals surface area contributed by atoms with E-state index in [4.69, 9.17) is 10.6 Å². The van der Waals surface area contributed by atoms with E-state index in [0.717, 1.165) is 27.3 Å². The number of esters is 1. The highest BCUT2D eigenvalue weighted by atomic mass is 32.2. The van der Waals surface area contributed by atoms with Crippen LogP contribution in [0, 0.1) is 12.8 Å². The predicted molar refractivity (Wildman–Crippen MR) is 131 cm³/mol. The van der Waals surface area contributed by atoms with Crippen molar-refractivity contribution in [3.05, 3.63) is 51.4 Å². The highest BCUT2D eigenvalue weighted by molar-refractivity contribution is 8.04. The number of rotatable bonds is 7. The highest BCUT2D eigenvalue weighted by Crippen LogP contribution is 2.45. The normalized spacial score (nSPS) is 21.4. The average Bonchev–Trinajstić information content (AvgIpc) is 3.13. The van der Waals surface area contributed by atoms with Crippen LogP contribution in [0.3, 0.4) is 0 Å². The summed E-state index contributed by atoms with van der Waals surface area (Å²) in [7, 11) is 0. The molecule has 1 aromatic carbocycles. The summed E-state index contributed by atoms with van der Waals surface area (Å²) in [4.78, 5) is 14.3. The summed E-state index contributed by atoms with van der Waals surface area (Å²) >= 11 is 1.25. The zero-order valence-corrected chi connectivity index (χ0v) is 21.3. The van der Waals surface area contributed by atoms with E-state index in [0.29, 0.717) is 19.5 Å². The van der Waals surface area contributed by atoms with E-state index in [-0.39, 0.29) is 35.0 Å². The number of hydrogen-bond acceptors (Lipinski definition) is 8. The summed E-state index contributed by atoms with van der Waals surface area (Å²) in [6.07, 6.45) is 3.35. The van der Waals surface area contributed by atoms with Gasteiger partial charge in [0, 0.05) is 23.2 Å². The Labute approximate surface area is 201 Å². The second kappa shape index (κ2) is 9.60. The molecule has 8 heteroatoms. The summed E-state index contributed by atoms with van der Waals surface area (Å²) in [5, 5.41) is 25.5. The number of nitrogens with two attached hydrogens (primary N) is 1. The van der Waals surface area contributed by atoms with Gasteiger partial charge >= 0.3 is 5.97 Å². The number of allylic oxidation sites excluding steroid dienone is 1. The third-order valence-electron chi connectivity index (χ3n) is 6.59. The number of aliphatic hydroxyl groups is 2. The summed E-state index contributed by atoms with van der Waals surface area (Å²) < 4.78 is 6.06. The number of benzene rings is 1. The lowest BCUT2D eigenvalue weighted by molar-refractivity contribution is -0.164. The molecule has 1 aromatic rings. The molecule has 0 fully saturated rings. The number of nitrogens with zero attached hydrogens (tertiary/aromatic N) is 1. The monoisotopic (exact) mass is 475 g/mol. The van der Waals surface area contributed by atoms with Crippen LogP contribution in [0.4, 0.5) is 0 Å². The number of aryl methyl sites for hydroxylation is 1. The van der Waals surface area contributed by atoms with E-state index in [2.05, 4.69) is 26.1 Å². The van der Waals surface area contributed by atoms with Gasteiger partial charge in [0.15, 0.2) is 0 Å². The minimum atomic E-state index is -0.793. The van der Waals surface area contributed by atoms with E-state index < -0.39 is 11.6 Å². The van der Waals surface area contributed by atoms with Crippen LogP contribution in [0.15, 0.2) is 39.6 Å². The molecule has 0 saturated heterocycles. The lowest BCUT2D eigenvalue weighted by atomic mass is 9.80. The molecule has 0 aliphatic carbocycles. The van der Waals surface area contributed by atoms with Crippen molar-refractivity contribution in [1.29, 1.82) is 0 Å². The van der Waals surface area contributed by atoms with Crippen LogP contribution in [0.1, 0.15) is 70.6 Å². The van der Waals surface area contributed by atoms with Crippen molar-refractivity contribution in [2.75, 3.05) is 6.67 Å². The van der Waals surface area contributed by atoms with Crippen LogP contribution in [0.2, 0.25) is 0 Å². The predicted octanol–water partition coefficient (Wildman–Crippen LogP) is 4.35. The highest BCUT2D eigenvalue weighted by Gasteiger charge is 2.45. The van der Waals surface area contributed by atoms with Gasteiger partial charge < -0.3 is 20.3 Å². The first-order chi connectivity index (χ1) is 15.4. The smallest absolute Gasteiger partial charge is 0.349 e. The second-order valence-corrected chi connectivity index (χ2v) is 11.4. The van der Waals surface area contributed by atoms with Crippen LogP contribution < -0.4 is 11.2 Å². The largest absolute Gasteiger partial charge is 0.511 e. The number of carbonyl (C=O) groups excluding carboxylic acids is 1. The molecule has 182 valence electrons. The quantitative estimate of drug-likeness (QED) is 0.341. The molecular weight excluding hydrogens is 438 g/mol. The third-order valence-corrected chi connectivity index (χ3v) is 7.76. The maximum atomic E-state index is 13.2. The number of nitrogens with one attached hydrogen (secondary N) is 1. The molecule has 33 heavy (non-hydrogen) atoms. The first kappa shape index (κ1) is 25.5. The van der Waals surface area contributed by atoms with Gasteiger partial charge in [-0.2, -0.15) is 0 Å². The standard InChI is InChI=1S/C25H37N3O4S/c1-15(2)25(8-7-18-12-27-14-28(18)26)11-20(30)22(23(31)32-25)33-21-9-16(3)17(13-29)10-19(21)24(4,5)6/h9-10,12,15,27,29-30H,7-8,11,13-14,26H2,1-6H3. The van der Waals surface area contributed by atoms with Crippen LogP contribution in [-0.2, 0) is 21.6 Å². The summed E-state index contributed by atoms with van der Waals surface area (Å²) in [5.74, 6) is 5.57. The maximum absolute atomic E-state index is 13.2. The minimum Gasteiger partial charge on any atom is -0.511 e. The molecule has 5 N–H and O–H groups in total. The fourth-order valence-electron chi connectivity index (χ4n) is 4.28. The maximum Gasteiger partial charge on any atom is 0.349 e. The minimum absolute atomic E-state index is 0.0209. The number of cyclic esters (lactones) is 1. The SMILES string of the molecule is Cc1cc(SC2=C(O)CC(CCC3=CNCN3N)(C(C)C)OC2=O)c(C(C)(C)C)cc1CO.